The molecule has 0 heterocycles. The Bertz CT molecular complexity index is 355. The molecule has 0 spiro atoms. The molecule has 0 saturated heterocycles. The second kappa shape index (κ2) is 6.67. The largest absolute Gasteiger partial charge is 0.379 e. The van der Waals surface area contributed by atoms with Crippen molar-refractivity contribution in [1.29, 1.82) is 0 Å². The van der Waals surface area contributed by atoms with Crippen molar-refractivity contribution in [3.05, 3.63) is 35.4 Å². The van der Waals surface area contributed by atoms with Gasteiger partial charge >= 0.3 is 0 Å². The Hall–Kier alpha value is -1.00. The number of benzene rings is 1. The van der Waals surface area contributed by atoms with Gasteiger partial charge < -0.3 is 10.5 Å². The standard InChI is InChI=1S/C13H19F2NO/c1-9(2)5-6-17-8-13(16)10-3-4-11(14)12(15)7-10/h3-4,7,9,13H,5-6,8,16H2,1-2H3. The van der Waals surface area contributed by atoms with Gasteiger partial charge in [-0.2, -0.15) is 0 Å². The summed E-state index contributed by atoms with van der Waals surface area (Å²) in [5, 5.41) is 0. The van der Waals surface area contributed by atoms with Crippen LogP contribution in [0.4, 0.5) is 8.78 Å². The summed E-state index contributed by atoms with van der Waals surface area (Å²) in [6, 6.07) is 3.26. The van der Waals surface area contributed by atoms with Gasteiger partial charge in [-0.25, -0.2) is 8.78 Å². The predicted octanol–water partition coefficient (Wildman–Crippen LogP) is 3.03. The Morgan fingerprint density at radius 2 is 1.94 bits per heavy atom. The minimum absolute atomic E-state index is 0.317. The molecule has 2 nitrogen and oxygen atoms in total. The number of hydrogen-bond acceptors (Lipinski definition) is 2. The molecular weight excluding hydrogens is 224 g/mol. The summed E-state index contributed by atoms with van der Waals surface area (Å²) in [5.41, 5.74) is 6.37. The van der Waals surface area contributed by atoms with E-state index in [9.17, 15) is 8.78 Å². The maximum absolute atomic E-state index is 13.0. The van der Waals surface area contributed by atoms with Gasteiger partial charge in [0.1, 0.15) is 0 Å². The quantitative estimate of drug-likeness (QED) is 0.779. The maximum atomic E-state index is 13.0. The molecule has 0 aliphatic heterocycles. The highest BCUT2D eigenvalue weighted by Crippen LogP contribution is 2.15. The SMILES string of the molecule is CC(C)CCOCC(N)c1ccc(F)c(F)c1. The van der Waals surface area contributed by atoms with Gasteiger partial charge in [-0.05, 0) is 30.0 Å². The molecular formula is C13H19F2NO. The average Bonchev–Trinajstić information content (AvgIpc) is 2.27. The lowest BCUT2D eigenvalue weighted by Gasteiger charge is -2.13. The monoisotopic (exact) mass is 243 g/mol. The number of nitrogens with two attached hydrogens (primary N) is 1. The topological polar surface area (TPSA) is 35.2 Å². The highest BCUT2D eigenvalue weighted by molar-refractivity contribution is 5.20. The summed E-state index contributed by atoms with van der Waals surface area (Å²) < 4.78 is 31.1. The van der Waals surface area contributed by atoms with Crippen molar-refractivity contribution in [3.63, 3.8) is 0 Å². The highest BCUT2D eigenvalue weighted by Gasteiger charge is 2.09. The molecule has 96 valence electrons. The zero-order valence-corrected chi connectivity index (χ0v) is 10.2. The first-order chi connectivity index (χ1) is 8.00. The third-order valence-electron chi connectivity index (χ3n) is 2.51. The van der Waals surface area contributed by atoms with Crippen molar-refractivity contribution >= 4 is 0 Å². The average molecular weight is 243 g/mol. The van der Waals surface area contributed by atoms with Crippen LogP contribution in [0.2, 0.25) is 0 Å². The Morgan fingerprint density at radius 1 is 1.24 bits per heavy atom. The summed E-state index contributed by atoms with van der Waals surface area (Å²) in [5.74, 6) is -1.16. The van der Waals surface area contributed by atoms with Crippen molar-refractivity contribution in [2.45, 2.75) is 26.3 Å². The van der Waals surface area contributed by atoms with Gasteiger partial charge in [0.05, 0.1) is 12.6 Å². The Kier molecular flexibility index (Phi) is 5.51. The summed E-state index contributed by atoms with van der Waals surface area (Å²) in [4.78, 5) is 0. The summed E-state index contributed by atoms with van der Waals surface area (Å²) in [7, 11) is 0. The van der Waals surface area contributed by atoms with Gasteiger partial charge in [0.15, 0.2) is 11.6 Å². The van der Waals surface area contributed by atoms with Crippen molar-refractivity contribution in [2.24, 2.45) is 11.7 Å². The minimum Gasteiger partial charge on any atom is -0.379 e. The Labute approximate surface area is 101 Å². The van der Waals surface area contributed by atoms with E-state index >= 15 is 0 Å². The lowest BCUT2D eigenvalue weighted by Crippen LogP contribution is -2.18. The first-order valence-corrected chi connectivity index (χ1v) is 5.79. The van der Waals surface area contributed by atoms with Crippen LogP contribution in [0.5, 0.6) is 0 Å². The van der Waals surface area contributed by atoms with Crippen molar-refractivity contribution in [1.82, 2.24) is 0 Å². The van der Waals surface area contributed by atoms with E-state index < -0.39 is 17.7 Å². The fourth-order valence-corrected chi connectivity index (χ4v) is 1.37. The van der Waals surface area contributed by atoms with Gasteiger partial charge in [0.25, 0.3) is 0 Å². The zero-order chi connectivity index (χ0) is 12.8. The van der Waals surface area contributed by atoms with Crippen molar-refractivity contribution in [3.8, 4) is 0 Å². The first-order valence-electron chi connectivity index (χ1n) is 5.79. The van der Waals surface area contributed by atoms with E-state index in [-0.39, 0.29) is 0 Å². The van der Waals surface area contributed by atoms with E-state index in [1.54, 1.807) is 0 Å². The Morgan fingerprint density at radius 3 is 2.53 bits per heavy atom. The van der Waals surface area contributed by atoms with Crippen LogP contribution in [0.3, 0.4) is 0 Å². The summed E-state index contributed by atoms with van der Waals surface area (Å²) in [6.07, 6.45) is 0.963. The normalized spacial score (nSPS) is 13.1. The second-order valence-electron chi connectivity index (χ2n) is 4.54. The van der Waals surface area contributed by atoms with Crippen LogP contribution in [0.25, 0.3) is 0 Å². The number of hydrogen-bond donors (Lipinski definition) is 1. The van der Waals surface area contributed by atoms with E-state index in [2.05, 4.69) is 13.8 Å². The van der Waals surface area contributed by atoms with Crippen LogP contribution in [0, 0.1) is 17.6 Å². The molecule has 0 radical (unpaired) electrons. The summed E-state index contributed by atoms with van der Waals surface area (Å²) >= 11 is 0. The molecule has 0 aromatic heterocycles. The van der Waals surface area contributed by atoms with Crippen LogP contribution < -0.4 is 5.73 Å². The summed E-state index contributed by atoms with van der Waals surface area (Å²) in [6.45, 7) is 5.17. The number of ether oxygens (including phenoxy) is 1. The van der Waals surface area contributed by atoms with Gasteiger partial charge in [-0.15, -0.1) is 0 Å². The van der Waals surface area contributed by atoms with E-state index in [0.29, 0.717) is 24.7 Å². The molecule has 1 aromatic rings. The van der Waals surface area contributed by atoms with E-state index in [1.165, 1.54) is 6.07 Å². The molecule has 0 aliphatic carbocycles. The van der Waals surface area contributed by atoms with Gasteiger partial charge in [-0.1, -0.05) is 19.9 Å². The number of rotatable bonds is 6. The van der Waals surface area contributed by atoms with Crippen LogP contribution in [-0.2, 0) is 4.74 Å². The molecule has 0 amide bonds. The van der Waals surface area contributed by atoms with Gasteiger partial charge in [0.2, 0.25) is 0 Å². The second-order valence-corrected chi connectivity index (χ2v) is 4.54. The maximum Gasteiger partial charge on any atom is 0.159 e. The van der Waals surface area contributed by atoms with Crippen molar-refractivity contribution < 1.29 is 13.5 Å². The van der Waals surface area contributed by atoms with Gasteiger partial charge in [0, 0.05) is 6.61 Å². The molecule has 1 aromatic carbocycles. The third-order valence-corrected chi connectivity index (χ3v) is 2.51. The molecule has 0 aliphatic rings. The van der Waals surface area contributed by atoms with Gasteiger partial charge in [-0.3, -0.25) is 0 Å². The lowest BCUT2D eigenvalue weighted by molar-refractivity contribution is 0.111. The molecule has 1 atom stereocenters. The third kappa shape index (κ3) is 4.79. The molecule has 1 rings (SSSR count). The lowest BCUT2D eigenvalue weighted by atomic mass is 10.1. The van der Waals surface area contributed by atoms with Crippen LogP contribution in [0.15, 0.2) is 18.2 Å². The minimum atomic E-state index is -0.875. The fourth-order valence-electron chi connectivity index (χ4n) is 1.37. The highest BCUT2D eigenvalue weighted by atomic mass is 19.2. The van der Waals surface area contributed by atoms with Crippen LogP contribution in [-0.4, -0.2) is 13.2 Å². The number of halogens is 2. The smallest absolute Gasteiger partial charge is 0.159 e. The van der Waals surface area contributed by atoms with E-state index in [4.69, 9.17) is 10.5 Å². The first kappa shape index (κ1) is 14.1. The van der Waals surface area contributed by atoms with E-state index in [1.807, 2.05) is 0 Å². The fraction of sp³-hybridized carbons (Fsp3) is 0.538. The zero-order valence-electron chi connectivity index (χ0n) is 10.2. The molecule has 17 heavy (non-hydrogen) atoms. The Balaban J connectivity index is 2.41. The predicted molar refractivity (Wildman–Crippen MR) is 63.6 cm³/mol. The molecule has 0 bridgehead atoms. The molecule has 0 saturated carbocycles. The molecule has 2 N–H and O–H groups in total. The van der Waals surface area contributed by atoms with E-state index in [0.717, 1.165) is 18.6 Å². The molecule has 0 fully saturated rings. The van der Waals surface area contributed by atoms with Crippen LogP contribution >= 0.6 is 0 Å². The molecule has 4 heteroatoms. The van der Waals surface area contributed by atoms with Crippen LogP contribution in [0.1, 0.15) is 31.9 Å². The molecule has 1 unspecified atom stereocenters. The van der Waals surface area contributed by atoms with Crippen molar-refractivity contribution in [2.75, 3.05) is 13.2 Å².